The fraction of sp³-hybridized carbons (Fsp3) is 0.240. The number of rotatable bonds is 5. The number of allylic oxidation sites excluding steroid dienone is 2. The zero-order valence-corrected chi connectivity index (χ0v) is 17.3. The van der Waals surface area contributed by atoms with Gasteiger partial charge in [-0.15, -0.1) is 0 Å². The first kappa shape index (κ1) is 19.1. The fourth-order valence-corrected chi connectivity index (χ4v) is 3.62. The summed E-state index contributed by atoms with van der Waals surface area (Å²) in [4.78, 5) is 12.9. The first-order chi connectivity index (χ1) is 14.0. The van der Waals surface area contributed by atoms with Gasteiger partial charge in [0.2, 0.25) is 5.78 Å². The number of benzene rings is 2. The fourth-order valence-electron chi connectivity index (χ4n) is 3.62. The Morgan fingerprint density at radius 3 is 2.72 bits per heavy atom. The predicted molar refractivity (Wildman–Crippen MR) is 117 cm³/mol. The minimum atomic E-state index is -0.0905. The van der Waals surface area contributed by atoms with Gasteiger partial charge in [-0.2, -0.15) is 0 Å². The van der Waals surface area contributed by atoms with Crippen LogP contribution in [-0.2, 0) is 6.54 Å². The van der Waals surface area contributed by atoms with Crippen LogP contribution in [0, 0.1) is 6.92 Å². The highest BCUT2D eigenvalue weighted by atomic mass is 16.5. The average Bonchev–Trinajstić information content (AvgIpc) is 3.22. The Morgan fingerprint density at radius 1 is 1.17 bits per heavy atom. The minimum Gasteiger partial charge on any atom is -0.489 e. The second-order valence-corrected chi connectivity index (χ2v) is 7.49. The average molecular weight is 387 g/mol. The number of Topliss-reactive ketones (excluding diaryl/α,β-unsaturated/α-hetero) is 1. The first-order valence-corrected chi connectivity index (χ1v) is 9.91. The van der Waals surface area contributed by atoms with Crippen molar-refractivity contribution in [3.05, 3.63) is 76.7 Å². The van der Waals surface area contributed by atoms with Crippen LogP contribution < -0.4 is 9.47 Å². The van der Waals surface area contributed by atoms with Gasteiger partial charge in [0, 0.05) is 34.8 Å². The van der Waals surface area contributed by atoms with Gasteiger partial charge in [-0.3, -0.25) is 4.79 Å². The van der Waals surface area contributed by atoms with Crippen molar-refractivity contribution in [1.29, 1.82) is 0 Å². The second-order valence-electron chi connectivity index (χ2n) is 7.49. The molecule has 1 aliphatic heterocycles. The molecule has 29 heavy (non-hydrogen) atoms. The van der Waals surface area contributed by atoms with E-state index < -0.39 is 0 Å². The monoisotopic (exact) mass is 387 g/mol. The van der Waals surface area contributed by atoms with Crippen molar-refractivity contribution >= 4 is 22.8 Å². The van der Waals surface area contributed by atoms with Crippen LogP contribution in [0.3, 0.4) is 0 Å². The van der Waals surface area contributed by atoms with E-state index in [1.807, 2.05) is 51.1 Å². The lowest BCUT2D eigenvalue weighted by molar-refractivity contribution is 0.101. The molecule has 1 aliphatic rings. The number of hydrogen-bond acceptors (Lipinski definition) is 3. The summed E-state index contributed by atoms with van der Waals surface area (Å²) in [6, 6.07) is 11.8. The summed E-state index contributed by atoms with van der Waals surface area (Å²) >= 11 is 0. The summed E-state index contributed by atoms with van der Waals surface area (Å²) in [5.41, 5.74) is 4.76. The molecule has 3 aromatic rings. The van der Waals surface area contributed by atoms with E-state index in [1.165, 1.54) is 5.57 Å². The van der Waals surface area contributed by atoms with Gasteiger partial charge < -0.3 is 14.0 Å². The molecule has 2 heterocycles. The van der Waals surface area contributed by atoms with Gasteiger partial charge in [0.1, 0.15) is 18.1 Å². The van der Waals surface area contributed by atoms with Gasteiger partial charge in [0.25, 0.3) is 0 Å². The van der Waals surface area contributed by atoms with Crippen LogP contribution in [0.1, 0.15) is 42.3 Å². The molecular formula is C25H25NO3. The molecule has 0 atom stereocenters. The number of nitrogens with zero attached hydrogens (tertiary/aromatic N) is 1. The third kappa shape index (κ3) is 3.46. The Labute approximate surface area is 171 Å². The van der Waals surface area contributed by atoms with Crippen molar-refractivity contribution in [3.8, 4) is 11.5 Å². The SMILES string of the molecule is CCn1cc(C=C2Oc3c(ccc(OCC=C(C)C)c3C)C2=O)c2ccccc21. The van der Waals surface area contributed by atoms with E-state index in [2.05, 4.69) is 29.8 Å². The van der Waals surface area contributed by atoms with E-state index in [0.29, 0.717) is 23.7 Å². The third-order valence-corrected chi connectivity index (χ3v) is 5.21. The number of ketones is 1. The molecule has 0 unspecified atom stereocenters. The summed E-state index contributed by atoms with van der Waals surface area (Å²) in [5.74, 6) is 1.59. The smallest absolute Gasteiger partial charge is 0.231 e. The number of aryl methyl sites for hydroxylation is 1. The van der Waals surface area contributed by atoms with Crippen LogP contribution in [0.25, 0.3) is 17.0 Å². The van der Waals surface area contributed by atoms with Gasteiger partial charge >= 0.3 is 0 Å². The number of para-hydroxylation sites is 1. The van der Waals surface area contributed by atoms with Crippen LogP contribution in [0.15, 0.2) is 60.0 Å². The molecule has 148 valence electrons. The predicted octanol–water partition coefficient (Wildman–Crippen LogP) is 5.93. The molecule has 0 bridgehead atoms. The largest absolute Gasteiger partial charge is 0.489 e. The minimum absolute atomic E-state index is 0.0905. The highest BCUT2D eigenvalue weighted by Gasteiger charge is 2.30. The molecule has 0 spiro atoms. The van der Waals surface area contributed by atoms with Crippen molar-refractivity contribution in [1.82, 2.24) is 4.57 Å². The van der Waals surface area contributed by atoms with Crippen molar-refractivity contribution in [2.75, 3.05) is 6.61 Å². The zero-order chi connectivity index (χ0) is 20.5. The molecule has 0 radical (unpaired) electrons. The molecular weight excluding hydrogens is 362 g/mol. The second kappa shape index (κ2) is 7.63. The maximum absolute atomic E-state index is 12.9. The summed E-state index contributed by atoms with van der Waals surface area (Å²) < 4.78 is 14.0. The summed E-state index contributed by atoms with van der Waals surface area (Å²) in [7, 11) is 0. The summed E-state index contributed by atoms with van der Waals surface area (Å²) in [5, 5.41) is 1.11. The molecule has 4 nitrogen and oxygen atoms in total. The molecule has 2 aromatic carbocycles. The highest BCUT2D eigenvalue weighted by Crippen LogP contribution is 2.39. The number of ether oxygens (including phenoxy) is 2. The zero-order valence-electron chi connectivity index (χ0n) is 17.3. The van der Waals surface area contributed by atoms with E-state index in [4.69, 9.17) is 9.47 Å². The van der Waals surface area contributed by atoms with Gasteiger partial charge in [0.05, 0.1) is 5.56 Å². The van der Waals surface area contributed by atoms with Crippen LogP contribution in [0.5, 0.6) is 11.5 Å². The molecule has 1 aromatic heterocycles. The Kier molecular flexibility index (Phi) is 5.01. The number of fused-ring (bicyclic) bond motifs is 2. The molecule has 0 amide bonds. The number of hydrogen-bond donors (Lipinski definition) is 0. The molecule has 0 aliphatic carbocycles. The molecule has 4 rings (SSSR count). The van der Waals surface area contributed by atoms with Crippen molar-refractivity contribution in [2.24, 2.45) is 0 Å². The Morgan fingerprint density at radius 2 is 1.97 bits per heavy atom. The molecule has 4 heteroatoms. The van der Waals surface area contributed by atoms with Gasteiger partial charge in [0.15, 0.2) is 5.76 Å². The van der Waals surface area contributed by atoms with E-state index in [1.54, 1.807) is 6.07 Å². The van der Waals surface area contributed by atoms with E-state index in [-0.39, 0.29) is 5.78 Å². The quantitative estimate of drug-likeness (QED) is 0.402. The van der Waals surface area contributed by atoms with Gasteiger partial charge in [-0.05, 0) is 58.0 Å². The van der Waals surface area contributed by atoms with Gasteiger partial charge in [-0.1, -0.05) is 23.8 Å². The Bertz CT molecular complexity index is 1160. The Hall–Kier alpha value is -3.27. The summed E-state index contributed by atoms with van der Waals surface area (Å²) in [6.07, 6.45) is 5.94. The topological polar surface area (TPSA) is 40.5 Å². The lowest BCUT2D eigenvalue weighted by Crippen LogP contribution is -1.98. The van der Waals surface area contributed by atoms with E-state index >= 15 is 0 Å². The molecule has 0 N–H and O–H groups in total. The van der Waals surface area contributed by atoms with Crippen LogP contribution in [-0.4, -0.2) is 17.0 Å². The first-order valence-electron chi connectivity index (χ1n) is 9.91. The van der Waals surface area contributed by atoms with E-state index in [0.717, 1.165) is 34.3 Å². The van der Waals surface area contributed by atoms with Crippen LogP contribution >= 0.6 is 0 Å². The van der Waals surface area contributed by atoms with Crippen molar-refractivity contribution < 1.29 is 14.3 Å². The van der Waals surface area contributed by atoms with Crippen LogP contribution in [0.2, 0.25) is 0 Å². The molecule has 0 saturated carbocycles. The van der Waals surface area contributed by atoms with Crippen molar-refractivity contribution in [2.45, 2.75) is 34.2 Å². The normalized spacial score (nSPS) is 14.2. The standard InChI is InChI=1S/C25H25NO3/c1-5-26-15-18(19-8-6-7-9-21(19)26)14-23-24(27)20-10-11-22(17(4)25(20)29-23)28-13-12-16(2)3/h6-12,14-15H,5,13H2,1-4H3. The van der Waals surface area contributed by atoms with E-state index in [9.17, 15) is 4.79 Å². The maximum atomic E-state index is 12.9. The number of aromatic nitrogens is 1. The number of carbonyl (C=O) groups excluding carboxylic acids is 1. The lowest BCUT2D eigenvalue weighted by atomic mass is 10.1. The number of carbonyl (C=O) groups is 1. The summed E-state index contributed by atoms with van der Waals surface area (Å²) in [6.45, 7) is 9.46. The molecule has 0 fully saturated rings. The lowest BCUT2D eigenvalue weighted by Gasteiger charge is -2.10. The maximum Gasteiger partial charge on any atom is 0.231 e. The van der Waals surface area contributed by atoms with Crippen LogP contribution in [0.4, 0.5) is 0 Å². The molecule has 0 saturated heterocycles. The highest BCUT2D eigenvalue weighted by molar-refractivity contribution is 6.15. The Balaban J connectivity index is 1.68. The third-order valence-electron chi connectivity index (χ3n) is 5.21. The van der Waals surface area contributed by atoms with Crippen molar-refractivity contribution in [3.63, 3.8) is 0 Å². The van der Waals surface area contributed by atoms with Gasteiger partial charge in [-0.25, -0.2) is 0 Å².